The highest BCUT2D eigenvalue weighted by atomic mass is 35.5. The van der Waals surface area contributed by atoms with Gasteiger partial charge in [0.25, 0.3) is 0 Å². The van der Waals surface area contributed by atoms with Crippen molar-refractivity contribution in [3.05, 3.63) is 99.0 Å². The zero-order valence-corrected chi connectivity index (χ0v) is 22.9. The summed E-state index contributed by atoms with van der Waals surface area (Å²) in [4.78, 5) is 16.2. The summed E-state index contributed by atoms with van der Waals surface area (Å²) in [5.41, 5.74) is 3.35. The van der Waals surface area contributed by atoms with Gasteiger partial charge in [0.05, 0.1) is 17.5 Å². The molecular weight excluding hydrogens is 531 g/mol. The van der Waals surface area contributed by atoms with E-state index in [1.807, 2.05) is 38.1 Å². The molecule has 6 nitrogen and oxygen atoms in total. The molecule has 0 unspecified atom stereocenters. The zero-order chi connectivity index (χ0) is 26.3. The van der Waals surface area contributed by atoms with Crippen LogP contribution < -0.4 is 4.72 Å². The van der Waals surface area contributed by atoms with E-state index in [-0.39, 0.29) is 16.8 Å². The highest BCUT2D eigenvalue weighted by Gasteiger charge is 2.49. The van der Waals surface area contributed by atoms with Crippen LogP contribution >= 0.6 is 23.2 Å². The van der Waals surface area contributed by atoms with Crippen molar-refractivity contribution in [2.75, 3.05) is 6.61 Å². The molecule has 2 aliphatic rings. The van der Waals surface area contributed by atoms with Crippen LogP contribution in [0.15, 0.2) is 71.6 Å². The normalized spacial score (nSPS) is 23.5. The lowest BCUT2D eigenvalue weighted by Crippen LogP contribution is -2.52. The Bertz CT molecular complexity index is 1410. The predicted molar refractivity (Wildman–Crippen MR) is 144 cm³/mol. The summed E-state index contributed by atoms with van der Waals surface area (Å²) in [7, 11) is -4.05. The van der Waals surface area contributed by atoms with Crippen LogP contribution in [0.4, 0.5) is 0 Å². The van der Waals surface area contributed by atoms with Gasteiger partial charge >= 0.3 is 0 Å². The number of carbonyl (C=O) groups excluding carboxylic acids is 1. The van der Waals surface area contributed by atoms with Gasteiger partial charge in [0, 0.05) is 16.0 Å². The van der Waals surface area contributed by atoms with Crippen LogP contribution in [0, 0.1) is 6.92 Å². The number of sulfonamides is 1. The molecule has 0 aliphatic carbocycles. The number of rotatable bonds is 6. The third-order valence-electron chi connectivity index (χ3n) is 7.03. The first kappa shape index (κ1) is 26.2. The lowest BCUT2D eigenvalue weighted by atomic mass is 9.83. The number of halogens is 2. The first-order chi connectivity index (χ1) is 17.7. The molecule has 194 valence electrons. The molecule has 3 aromatic rings. The third kappa shape index (κ3) is 5.03. The molecule has 1 N–H and O–H groups in total. The molecular formula is C28H28Cl2N2O4S. The summed E-state index contributed by atoms with van der Waals surface area (Å²) in [5.74, 6) is -0.998. The second kappa shape index (κ2) is 10.4. The van der Waals surface area contributed by atoms with Gasteiger partial charge in [-0.1, -0.05) is 78.5 Å². The van der Waals surface area contributed by atoms with Crippen molar-refractivity contribution < 1.29 is 17.9 Å². The number of nitrogens with one attached hydrogen (secondary N) is 1. The average molecular weight is 560 g/mol. The Balaban J connectivity index is 1.71. The molecule has 2 aliphatic heterocycles. The van der Waals surface area contributed by atoms with Gasteiger partial charge in [-0.2, -0.15) is 4.72 Å². The maximum absolute atomic E-state index is 14.4. The number of ether oxygens (including phenoxy) is 1. The predicted octanol–water partition coefficient (Wildman–Crippen LogP) is 5.82. The summed E-state index contributed by atoms with van der Waals surface area (Å²) >= 11 is 12.8. The Labute approximate surface area is 227 Å². The van der Waals surface area contributed by atoms with Crippen molar-refractivity contribution in [3.63, 3.8) is 0 Å². The minimum Gasteiger partial charge on any atom is -0.356 e. The number of hydrogen-bond acceptors (Lipinski definition) is 4. The van der Waals surface area contributed by atoms with Crippen molar-refractivity contribution in [1.82, 2.24) is 9.62 Å². The first-order valence-electron chi connectivity index (χ1n) is 12.3. The van der Waals surface area contributed by atoms with Crippen LogP contribution in [0.3, 0.4) is 0 Å². The first-order valence-corrected chi connectivity index (χ1v) is 14.5. The van der Waals surface area contributed by atoms with Gasteiger partial charge < -0.3 is 9.64 Å². The summed E-state index contributed by atoms with van der Waals surface area (Å²) in [6.07, 6.45) is 1.02. The van der Waals surface area contributed by atoms with Crippen LogP contribution in [0.5, 0.6) is 0 Å². The molecule has 0 bridgehead atoms. The lowest BCUT2D eigenvalue weighted by Gasteiger charge is -2.31. The molecule has 1 saturated heterocycles. The topological polar surface area (TPSA) is 75.7 Å². The Morgan fingerprint density at radius 2 is 1.65 bits per heavy atom. The molecule has 3 aromatic carbocycles. The lowest BCUT2D eigenvalue weighted by molar-refractivity contribution is -0.140. The van der Waals surface area contributed by atoms with Crippen molar-refractivity contribution in [3.8, 4) is 0 Å². The van der Waals surface area contributed by atoms with E-state index >= 15 is 0 Å². The molecule has 0 radical (unpaired) electrons. The molecule has 1 fully saturated rings. The van der Waals surface area contributed by atoms with E-state index < -0.39 is 28.2 Å². The highest BCUT2D eigenvalue weighted by molar-refractivity contribution is 7.89. The van der Waals surface area contributed by atoms with E-state index in [4.69, 9.17) is 27.9 Å². The molecule has 0 spiro atoms. The van der Waals surface area contributed by atoms with Gasteiger partial charge in [-0.15, -0.1) is 0 Å². The van der Waals surface area contributed by atoms with E-state index in [9.17, 15) is 13.2 Å². The Kier molecular flexibility index (Phi) is 7.35. The number of fused-ring (bicyclic) bond motifs is 3. The number of benzene rings is 3. The standard InChI is InChI=1S/C28H28Cl2N2O4S/c1-3-6-25-32-24(16-36-25)22-7-4-5-8-23(22)26(18-13-19(29)15-20(30)14-18)27(28(32)33)31-37(34,35)21-11-9-17(2)10-12-21/h4-5,7-15,24-27,31H,3,6,16H2,1-2H3/t24-,25+,26+,27+/m0/s1. The molecule has 0 aromatic heterocycles. The van der Waals surface area contributed by atoms with Gasteiger partial charge in [-0.3, -0.25) is 4.79 Å². The van der Waals surface area contributed by atoms with Crippen molar-refractivity contribution in [2.45, 2.75) is 55.8 Å². The van der Waals surface area contributed by atoms with Gasteiger partial charge in [0.15, 0.2) is 0 Å². The molecule has 37 heavy (non-hydrogen) atoms. The van der Waals surface area contributed by atoms with Gasteiger partial charge in [0.1, 0.15) is 12.3 Å². The molecule has 9 heteroatoms. The second-order valence-corrected chi connectivity index (χ2v) is 12.1. The Morgan fingerprint density at radius 1 is 1.00 bits per heavy atom. The van der Waals surface area contributed by atoms with Gasteiger partial charge in [0.2, 0.25) is 15.9 Å². The number of nitrogens with zero attached hydrogens (tertiary/aromatic N) is 1. The van der Waals surface area contributed by atoms with E-state index in [0.29, 0.717) is 28.6 Å². The zero-order valence-electron chi connectivity index (χ0n) is 20.5. The highest BCUT2D eigenvalue weighted by Crippen LogP contribution is 2.44. The van der Waals surface area contributed by atoms with Crippen LogP contribution in [0.1, 0.15) is 54.0 Å². The number of hydrogen-bond donors (Lipinski definition) is 1. The summed E-state index contributed by atoms with van der Waals surface area (Å²) in [5, 5.41) is 0.814. The maximum Gasteiger partial charge on any atom is 0.244 e. The Hall–Kier alpha value is -2.42. The Morgan fingerprint density at radius 3 is 2.30 bits per heavy atom. The average Bonchev–Trinajstić information content (AvgIpc) is 3.23. The fraction of sp³-hybridized carbons (Fsp3) is 0.321. The summed E-state index contributed by atoms with van der Waals surface area (Å²) < 4.78 is 36.1. The fourth-order valence-electron chi connectivity index (χ4n) is 5.35. The van der Waals surface area contributed by atoms with Crippen LogP contribution in [0.25, 0.3) is 0 Å². The molecule has 2 heterocycles. The largest absolute Gasteiger partial charge is 0.356 e. The van der Waals surface area contributed by atoms with E-state index in [0.717, 1.165) is 23.1 Å². The van der Waals surface area contributed by atoms with Gasteiger partial charge in [-0.25, -0.2) is 8.42 Å². The smallest absolute Gasteiger partial charge is 0.244 e. The van der Waals surface area contributed by atoms with Crippen LogP contribution in [0.2, 0.25) is 10.0 Å². The SMILES string of the molecule is CCC[C@H]1OC[C@H]2c3ccccc3[C@@H](c3cc(Cl)cc(Cl)c3)[C@@H](NS(=O)(=O)c3ccc(C)cc3)C(=O)N12. The van der Waals surface area contributed by atoms with Crippen LogP contribution in [-0.4, -0.2) is 38.1 Å². The number of carbonyl (C=O) groups is 1. The molecule has 4 atom stereocenters. The minimum absolute atomic E-state index is 0.0886. The number of amides is 1. The van der Waals surface area contributed by atoms with E-state index in [1.165, 1.54) is 0 Å². The number of aryl methyl sites for hydroxylation is 1. The molecule has 1 amide bonds. The van der Waals surface area contributed by atoms with Crippen molar-refractivity contribution >= 4 is 39.1 Å². The monoisotopic (exact) mass is 558 g/mol. The van der Waals surface area contributed by atoms with Crippen molar-refractivity contribution in [1.29, 1.82) is 0 Å². The van der Waals surface area contributed by atoms with E-state index in [2.05, 4.69) is 4.72 Å². The third-order valence-corrected chi connectivity index (χ3v) is 8.92. The van der Waals surface area contributed by atoms with Crippen LogP contribution in [-0.2, 0) is 19.6 Å². The fourth-order valence-corrected chi connectivity index (χ4v) is 7.09. The molecule has 0 saturated carbocycles. The molecule has 5 rings (SSSR count). The van der Waals surface area contributed by atoms with Crippen molar-refractivity contribution in [2.24, 2.45) is 0 Å². The maximum atomic E-state index is 14.4. The second-order valence-electron chi connectivity index (χ2n) is 9.56. The summed E-state index contributed by atoms with van der Waals surface area (Å²) in [6.45, 7) is 4.26. The van der Waals surface area contributed by atoms with E-state index in [1.54, 1.807) is 47.4 Å². The minimum atomic E-state index is -4.05. The quantitative estimate of drug-likeness (QED) is 0.413. The summed E-state index contributed by atoms with van der Waals surface area (Å²) in [6, 6.07) is 17.9. The van der Waals surface area contributed by atoms with Gasteiger partial charge in [-0.05, 0) is 60.4 Å².